The predicted molar refractivity (Wildman–Crippen MR) is 76.0 cm³/mol. The van der Waals surface area contributed by atoms with Gasteiger partial charge in [-0.3, -0.25) is 0 Å². The number of rotatable bonds is 3. The van der Waals surface area contributed by atoms with E-state index in [1.807, 2.05) is 0 Å². The number of likely N-dealkylation sites (tertiary alicyclic amines) is 1. The molecule has 21 heavy (non-hydrogen) atoms. The Hall–Kier alpha value is -1.07. The normalized spacial score (nSPS) is 19.7. The second kappa shape index (κ2) is 5.97. The topological polar surface area (TPSA) is 23.5 Å². The van der Waals surface area contributed by atoms with Crippen molar-refractivity contribution in [3.05, 3.63) is 34.9 Å². The number of hydrogen-bond acceptors (Lipinski definition) is 2. The number of aryl methyl sites for hydroxylation is 1. The molecule has 0 aliphatic carbocycles. The summed E-state index contributed by atoms with van der Waals surface area (Å²) in [7, 11) is 0. The van der Waals surface area contributed by atoms with Crippen LogP contribution in [0.2, 0.25) is 0 Å². The highest BCUT2D eigenvalue weighted by molar-refractivity contribution is 5.36. The SMILES string of the molecule is CCCN1CCC(O)(c2ccc(C(F)(F)F)cc2C)CC1. The molecule has 0 atom stereocenters. The van der Waals surface area contributed by atoms with Gasteiger partial charge in [-0.1, -0.05) is 13.0 Å². The van der Waals surface area contributed by atoms with E-state index in [1.54, 1.807) is 6.92 Å². The molecule has 118 valence electrons. The molecule has 0 unspecified atom stereocenters. The van der Waals surface area contributed by atoms with E-state index in [2.05, 4.69) is 11.8 Å². The summed E-state index contributed by atoms with van der Waals surface area (Å²) in [4.78, 5) is 2.29. The molecule has 0 spiro atoms. The average Bonchev–Trinajstić information content (AvgIpc) is 2.40. The van der Waals surface area contributed by atoms with Crippen LogP contribution in [-0.2, 0) is 11.8 Å². The number of hydrogen-bond donors (Lipinski definition) is 1. The molecule has 0 radical (unpaired) electrons. The summed E-state index contributed by atoms with van der Waals surface area (Å²) < 4.78 is 38.1. The maximum absolute atomic E-state index is 12.7. The average molecular weight is 301 g/mol. The van der Waals surface area contributed by atoms with E-state index in [9.17, 15) is 18.3 Å². The van der Waals surface area contributed by atoms with Gasteiger partial charge < -0.3 is 10.0 Å². The fourth-order valence-corrected chi connectivity index (χ4v) is 3.09. The second-order valence-electron chi connectivity index (χ2n) is 5.90. The van der Waals surface area contributed by atoms with E-state index in [1.165, 1.54) is 6.07 Å². The van der Waals surface area contributed by atoms with Crippen molar-refractivity contribution in [2.75, 3.05) is 19.6 Å². The lowest BCUT2D eigenvalue weighted by Crippen LogP contribution is -2.43. The number of aliphatic hydroxyl groups is 1. The monoisotopic (exact) mass is 301 g/mol. The third-order valence-electron chi connectivity index (χ3n) is 4.28. The van der Waals surface area contributed by atoms with Crippen molar-refractivity contribution in [3.63, 3.8) is 0 Å². The van der Waals surface area contributed by atoms with Crippen molar-refractivity contribution in [1.82, 2.24) is 4.90 Å². The van der Waals surface area contributed by atoms with Gasteiger partial charge in [-0.2, -0.15) is 13.2 Å². The summed E-state index contributed by atoms with van der Waals surface area (Å²) in [6, 6.07) is 3.64. The zero-order valence-corrected chi connectivity index (χ0v) is 12.5. The molecule has 0 amide bonds. The van der Waals surface area contributed by atoms with Crippen LogP contribution in [0.25, 0.3) is 0 Å². The van der Waals surface area contributed by atoms with Gasteiger partial charge in [-0.05, 0) is 56.0 Å². The fraction of sp³-hybridized carbons (Fsp3) is 0.625. The fourth-order valence-electron chi connectivity index (χ4n) is 3.09. The minimum atomic E-state index is -4.34. The van der Waals surface area contributed by atoms with Crippen molar-refractivity contribution in [2.24, 2.45) is 0 Å². The lowest BCUT2D eigenvalue weighted by atomic mass is 9.81. The number of alkyl halides is 3. The molecular weight excluding hydrogens is 279 g/mol. The molecular formula is C16H22F3NO. The van der Waals surface area contributed by atoms with Gasteiger partial charge >= 0.3 is 6.18 Å². The number of halogens is 3. The summed E-state index contributed by atoms with van der Waals surface area (Å²) in [5, 5.41) is 10.8. The molecule has 1 saturated heterocycles. The first kappa shape index (κ1) is 16.3. The van der Waals surface area contributed by atoms with Crippen LogP contribution in [-0.4, -0.2) is 29.6 Å². The van der Waals surface area contributed by atoms with Gasteiger partial charge in [0.15, 0.2) is 0 Å². The Labute approximate surface area is 123 Å². The van der Waals surface area contributed by atoms with E-state index < -0.39 is 17.3 Å². The maximum Gasteiger partial charge on any atom is 0.416 e. The third-order valence-corrected chi connectivity index (χ3v) is 4.28. The van der Waals surface area contributed by atoms with Crippen LogP contribution in [0, 0.1) is 6.92 Å². The Morgan fingerprint density at radius 1 is 1.24 bits per heavy atom. The molecule has 0 bridgehead atoms. The van der Waals surface area contributed by atoms with Crippen molar-refractivity contribution in [2.45, 2.75) is 44.9 Å². The number of nitrogens with zero attached hydrogens (tertiary/aromatic N) is 1. The smallest absolute Gasteiger partial charge is 0.385 e. The summed E-state index contributed by atoms with van der Waals surface area (Å²) >= 11 is 0. The molecule has 2 rings (SSSR count). The van der Waals surface area contributed by atoms with Crippen molar-refractivity contribution < 1.29 is 18.3 Å². The van der Waals surface area contributed by atoms with Gasteiger partial charge in [0.05, 0.1) is 11.2 Å². The first-order valence-corrected chi connectivity index (χ1v) is 7.39. The zero-order valence-electron chi connectivity index (χ0n) is 12.5. The Kier molecular flexibility index (Phi) is 4.63. The molecule has 1 aromatic rings. The first-order chi connectivity index (χ1) is 9.76. The first-order valence-electron chi connectivity index (χ1n) is 7.39. The van der Waals surface area contributed by atoms with Crippen LogP contribution in [0.1, 0.15) is 42.9 Å². The summed E-state index contributed by atoms with van der Waals surface area (Å²) in [5.74, 6) is 0. The quantitative estimate of drug-likeness (QED) is 0.920. The van der Waals surface area contributed by atoms with E-state index >= 15 is 0 Å². The van der Waals surface area contributed by atoms with E-state index in [-0.39, 0.29) is 0 Å². The van der Waals surface area contributed by atoms with Crippen molar-refractivity contribution in [1.29, 1.82) is 0 Å². The van der Waals surface area contributed by atoms with Crippen molar-refractivity contribution in [3.8, 4) is 0 Å². The van der Waals surface area contributed by atoms with Crippen LogP contribution >= 0.6 is 0 Å². The van der Waals surface area contributed by atoms with E-state index in [0.717, 1.165) is 38.2 Å². The van der Waals surface area contributed by atoms with Gasteiger partial charge in [0.1, 0.15) is 0 Å². The van der Waals surface area contributed by atoms with E-state index in [4.69, 9.17) is 0 Å². The number of piperidine rings is 1. The largest absolute Gasteiger partial charge is 0.416 e. The van der Waals surface area contributed by atoms with Gasteiger partial charge in [0.2, 0.25) is 0 Å². The number of benzene rings is 1. The zero-order chi connectivity index (χ0) is 15.7. The molecule has 2 nitrogen and oxygen atoms in total. The summed E-state index contributed by atoms with van der Waals surface area (Å²) in [5.41, 5.74) is -0.517. The lowest BCUT2D eigenvalue weighted by Gasteiger charge is -2.39. The highest BCUT2D eigenvalue weighted by Gasteiger charge is 2.36. The molecule has 1 aliphatic heterocycles. The van der Waals surface area contributed by atoms with Gasteiger partial charge in [0.25, 0.3) is 0 Å². The predicted octanol–water partition coefficient (Wildman–Crippen LogP) is 3.71. The molecule has 5 heteroatoms. The molecule has 1 N–H and O–H groups in total. The Morgan fingerprint density at radius 3 is 2.33 bits per heavy atom. The van der Waals surface area contributed by atoms with Crippen LogP contribution in [0.3, 0.4) is 0 Å². The minimum absolute atomic E-state index is 0.510. The summed E-state index contributed by atoms with van der Waals surface area (Å²) in [6.07, 6.45) is -2.13. The third kappa shape index (κ3) is 3.58. The van der Waals surface area contributed by atoms with Gasteiger partial charge in [-0.25, -0.2) is 0 Å². The molecule has 0 aromatic heterocycles. The van der Waals surface area contributed by atoms with Crippen LogP contribution in [0.4, 0.5) is 13.2 Å². The molecule has 1 fully saturated rings. The van der Waals surface area contributed by atoms with Crippen LogP contribution < -0.4 is 0 Å². The second-order valence-corrected chi connectivity index (χ2v) is 5.90. The molecule has 1 aromatic carbocycles. The van der Waals surface area contributed by atoms with Crippen LogP contribution in [0.5, 0.6) is 0 Å². The Balaban J connectivity index is 2.19. The van der Waals surface area contributed by atoms with E-state index in [0.29, 0.717) is 24.0 Å². The van der Waals surface area contributed by atoms with Gasteiger partial charge in [0, 0.05) is 13.1 Å². The Morgan fingerprint density at radius 2 is 1.86 bits per heavy atom. The molecule has 1 aliphatic rings. The lowest BCUT2D eigenvalue weighted by molar-refractivity contribution is -0.137. The Bertz CT molecular complexity index is 491. The molecule has 0 saturated carbocycles. The van der Waals surface area contributed by atoms with Gasteiger partial charge in [-0.15, -0.1) is 0 Å². The highest BCUT2D eigenvalue weighted by Crippen LogP contribution is 2.37. The molecule has 1 heterocycles. The summed E-state index contributed by atoms with van der Waals surface area (Å²) in [6.45, 7) is 6.32. The van der Waals surface area contributed by atoms with Crippen molar-refractivity contribution >= 4 is 0 Å². The highest BCUT2D eigenvalue weighted by atomic mass is 19.4. The van der Waals surface area contributed by atoms with Crippen LogP contribution in [0.15, 0.2) is 18.2 Å². The minimum Gasteiger partial charge on any atom is -0.385 e. The maximum atomic E-state index is 12.7. The standard InChI is InChI=1S/C16H22F3NO/c1-3-8-20-9-6-15(21,7-10-20)14-5-4-13(11-12(14)2)16(17,18)19/h4-5,11,21H,3,6-10H2,1-2H3.